The van der Waals surface area contributed by atoms with Gasteiger partial charge in [0.2, 0.25) is 23.6 Å². The smallest absolute Gasteiger partial charge is 0.220 e. The molecule has 65 heavy (non-hydrogen) atoms. The Labute approximate surface area is 402 Å². The molecule has 13 heteroatoms. The number of carbonyl (C=O) groups is 4. The number of nitrogens with one attached hydrogen (secondary N) is 4. The maximum Gasteiger partial charge on any atom is 0.220 e. The molecular weight excluding hydrogens is 917 g/mol. The average Bonchev–Trinajstić information content (AvgIpc) is 4.06. The number of fused-ring (bicyclic) bond motifs is 1. The molecule has 348 valence electrons. The minimum absolute atomic E-state index is 0.00915. The van der Waals surface area contributed by atoms with Gasteiger partial charge in [0.25, 0.3) is 0 Å². The summed E-state index contributed by atoms with van der Waals surface area (Å²) >= 11 is 7.07. The first-order chi connectivity index (χ1) is 31.4. The Balaban J connectivity index is 0.000000216. The van der Waals surface area contributed by atoms with E-state index in [2.05, 4.69) is 128 Å². The van der Waals surface area contributed by atoms with Crippen molar-refractivity contribution in [1.82, 2.24) is 31.1 Å². The zero-order valence-electron chi connectivity index (χ0n) is 38.5. The number of thiophene rings is 2. The average molecular weight is 984 g/mol. The molecule has 5 aromatic rings. The van der Waals surface area contributed by atoms with Crippen molar-refractivity contribution < 1.29 is 19.2 Å². The van der Waals surface area contributed by atoms with E-state index in [1.54, 1.807) is 0 Å². The van der Waals surface area contributed by atoms with Crippen LogP contribution < -0.4 is 21.3 Å². The number of nitrogens with zero attached hydrogens (tertiary/aromatic N) is 2. The van der Waals surface area contributed by atoms with Gasteiger partial charge >= 0.3 is 0 Å². The normalized spacial score (nSPS) is 20.7. The predicted molar refractivity (Wildman–Crippen MR) is 270 cm³/mol. The van der Waals surface area contributed by atoms with Crippen molar-refractivity contribution in [2.45, 2.75) is 126 Å². The molecule has 0 bridgehead atoms. The lowest BCUT2D eigenvalue weighted by Crippen LogP contribution is -2.48. The first-order valence-electron chi connectivity index (χ1n) is 23.1. The minimum Gasteiger partial charge on any atom is -0.353 e. The van der Waals surface area contributed by atoms with Crippen LogP contribution in [0, 0.1) is 0 Å². The van der Waals surface area contributed by atoms with Gasteiger partial charge < -0.3 is 21.3 Å². The number of benzene rings is 3. The number of hydrogen-bond donors (Lipinski definition) is 4. The van der Waals surface area contributed by atoms with Crippen LogP contribution in [0.25, 0.3) is 10.8 Å². The lowest BCUT2D eigenvalue weighted by molar-refractivity contribution is -0.124. The van der Waals surface area contributed by atoms with Gasteiger partial charge in [-0.25, -0.2) is 0 Å². The highest BCUT2D eigenvalue weighted by Crippen LogP contribution is 2.44. The van der Waals surface area contributed by atoms with E-state index >= 15 is 0 Å². The van der Waals surface area contributed by atoms with Crippen LogP contribution >= 0.6 is 38.6 Å². The molecule has 2 saturated carbocycles. The van der Waals surface area contributed by atoms with Gasteiger partial charge in [-0.15, -0.1) is 22.7 Å². The summed E-state index contributed by atoms with van der Waals surface area (Å²) in [6.07, 6.45) is 10.8. The molecule has 0 saturated heterocycles. The third kappa shape index (κ3) is 14.1. The van der Waals surface area contributed by atoms with Gasteiger partial charge in [0.15, 0.2) is 0 Å². The number of hydrogen-bond acceptors (Lipinski definition) is 8. The molecule has 2 heterocycles. The molecule has 0 aliphatic heterocycles. The molecule has 0 radical (unpaired) electrons. The third-order valence-corrected chi connectivity index (χ3v) is 16.0. The zero-order chi connectivity index (χ0) is 46.2. The van der Waals surface area contributed by atoms with E-state index in [9.17, 15) is 19.2 Å². The van der Waals surface area contributed by atoms with Crippen molar-refractivity contribution in [1.29, 1.82) is 0 Å². The summed E-state index contributed by atoms with van der Waals surface area (Å²) in [6, 6.07) is 31.4. The van der Waals surface area contributed by atoms with E-state index in [1.165, 1.54) is 15.1 Å². The van der Waals surface area contributed by atoms with Crippen LogP contribution in [0.5, 0.6) is 0 Å². The molecular formula is C52H67BrN6O4S2. The first kappa shape index (κ1) is 50.0. The number of halogens is 1. The first-order valence-corrected chi connectivity index (χ1v) is 25.7. The molecule has 2 aromatic heterocycles. The summed E-state index contributed by atoms with van der Waals surface area (Å²) in [5.41, 5.74) is 2.33. The van der Waals surface area contributed by atoms with E-state index in [4.69, 9.17) is 0 Å². The highest BCUT2D eigenvalue weighted by molar-refractivity contribution is 9.10. The van der Waals surface area contributed by atoms with E-state index < -0.39 is 0 Å². The molecule has 0 spiro atoms. The molecule has 2 aliphatic carbocycles. The number of amides is 4. The largest absolute Gasteiger partial charge is 0.353 e. The van der Waals surface area contributed by atoms with Crippen molar-refractivity contribution in [3.05, 3.63) is 127 Å². The van der Waals surface area contributed by atoms with Crippen molar-refractivity contribution in [2.75, 3.05) is 28.2 Å². The number of rotatable bonds is 18. The summed E-state index contributed by atoms with van der Waals surface area (Å²) in [7, 11) is 8.62. The van der Waals surface area contributed by atoms with Crippen LogP contribution in [0.2, 0.25) is 0 Å². The van der Waals surface area contributed by atoms with Gasteiger partial charge in [-0.1, -0.05) is 82.7 Å². The van der Waals surface area contributed by atoms with Gasteiger partial charge in [-0.05, 0) is 149 Å². The Kier molecular flexibility index (Phi) is 18.8. The molecule has 7 rings (SSSR count). The Morgan fingerprint density at radius 1 is 0.585 bits per heavy atom. The van der Waals surface area contributed by atoms with Crippen LogP contribution in [0.4, 0.5) is 0 Å². The van der Waals surface area contributed by atoms with Crippen LogP contribution in [-0.4, -0.2) is 73.7 Å². The van der Waals surface area contributed by atoms with Crippen molar-refractivity contribution in [2.24, 2.45) is 0 Å². The van der Waals surface area contributed by atoms with Gasteiger partial charge in [0.05, 0.1) is 11.1 Å². The van der Waals surface area contributed by atoms with Crippen molar-refractivity contribution >= 4 is 73.0 Å². The van der Waals surface area contributed by atoms with Crippen LogP contribution in [0.15, 0.2) is 106 Å². The minimum atomic E-state index is -0.0165. The van der Waals surface area contributed by atoms with E-state index in [1.807, 2.05) is 71.2 Å². The fourth-order valence-electron chi connectivity index (χ4n) is 9.48. The van der Waals surface area contributed by atoms with Gasteiger partial charge in [-0.2, -0.15) is 0 Å². The molecule has 3 aromatic carbocycles. The quantitative estimate of drug-likeness (QED) is 0.0694. The second-order valence-electron chi connectivity index (χ2n) is 18.0. The monoisotopic (exact) mass is 982 g/mol. The Morgan fingerprint density at radius 3 is 1.55 bits per heavy atom. The van der Waals surface area contributed by atoms with Crippen molar-refractivity contribution in [3.8, 4) is 0 Å². The topological polar surface area (TPSA) is 123 Å². The molecule has 2 fully saturated rings. The summed E-state index contributed by atoms with van der Waals surface area (Å²) in [5, 5.41) is 18.9. The van der Waals surface area contributed by atoms with Crippen LogP contribution in [0.3, 0.4) is 0 Å². The van der Waals surface area contributed by atoms with Crippen LogP contribution in [-0.2, 0) is 43.3 Å². The highest BCUT2D eigenvalue weighted by Gasteiger charge is 2.41. The lowest BCUT2D eigenvalue weighted by Gasteiger charge is -2.44. The fraction of sp³-hybridized carbons (Fsp3) is 0.462. The highest BCUT2D eigenvalue weighted by atomic mass is 79.9. The third-order valence-electron chi connectivity index (χ3n) is 13.4. The summed E-state index contributed by atoms with van der Waals surface area (Å²) in [5.74, 6) is 0.0841. The van der Waals surface area contributed by atoms with Gasteiger partial charge in [0.1, 0.15) is 0 Å². The predicted octanol–water partition coefficient (Wildman–Crippen LogP) is 10.0. The van der Waals surface area contributed by atoms with Gasteiger partial charge in [0, 0.05) is 65.1 Å². The molecule has 2 aliphatic rings. The Morgan fingerprint density at radius 2 is 1.06 bits per heavy atom. The van der Waals surface area contributed by atoms with Crippen molar-refractivity contribution in [3.63, 3.8) is 0 Å². The van der Waals surface area contributed by atoms with Gasteiger partial charge in [-0.3, -0.25) is 29.0 Å². The second kappa shape index (κ2) is 24.4. The second-order valence-corrected chi connectivity index (χ2v) is 20.8. The Hall–Kier alpha value is -4.40. The lowest BCUT2D eigenvalue weighted by atomic mass is 9.77. The summed E-state index contributed by atoms with van der Waals surface area (Å²) in [6.45, 7) is 1.01. The molecule has 4 N–H and O–H groups in total. The van der Waals surface area contributed by atoms with Crippen LogP contribution in [0.1, 0.15) is 111 Å². The SMILES string of the molecule is CN(C)C1(c2cccs2)CCC(NC(=O)CCCC(=O)NCc2cccc(Br)c2)CC1.CN(C)C1(c2cccs2)CCC(NC(=O)CCCC(=O)NCc2cccc3ccccc23)CC1. The fourth-order valence-corrected chi connectivity index (χ4v) is 12.1. The molecule has 0 unspecified atom stereocenters. The summed E-state index contributed by atoms with van der Waals surface area (Å²) < 4.78 is 0.997. The maximum absolute atomic E-state index is 12.5. The zero-order valence-corrected chi connectivity index (χ0v) is 41.7. The maximum atomic E-state index is 12.5. The van der Waals surface area contributed by atoms with E-state index in [-0.39, 0.29) is 46.8 Å². The summed E-state index contributed by atoms with van der Waals surface area (Å²) in [4.78, 5) is 56.8. The Bertz CT molecular complexity index is 2280. The van der Waals surface area contributed by atoms with E-state index in [0.29, 0.717) is 51.6 Å². The standard InChI is InChI=1S/C28H35N3O2S.C24H32BrN3O2S/c1-31(2)28(25-12-7-19-34-25)17-15-23(16-18-28)30-27(33)14-6-13-26(32)29-20-22-10-5-9-21-8-3-4-11-24(21)22;1-28(2)24(21-8-5-15-31-21)13-11-20(12-14-24)27-23(30)10-4-9-22(29)26-17-18-6-3-7-19(25)16-18/h3-5,7-12,19,23H,6,13-18,20H2,1-2H3,(H,29,32)(H,30,33);3,5-8,15-16,20H,4,9-14,17H2,1-2H3,(H,26,29)(H,27,30). The van der Waals surface area contributed by atoms with E-state index in [0.717, 1.165) is 72.4 Å². The molecule has 4 amide bonds. The number of carbonyl (C=O) groups excluding carboxylic acids is 4. The molecule has 0 atom stereocenters. The molecule has 10 nitrogen and oxygen atoms in total.